The van der Waals surface area contributed by atoms with Crippen molar-refractivity contribution in [2.75, 3.05) is 6.61 Å². The van der Waals surface area contributed by atoms with Gasteiger partial charge in [0.25, 0.3) is 0 Å². The lowest BCUT2D eigenvalue weighted by Crippen LogP contribution is -1.99. The molecule has 0 N–H and O–H groups in total. The summed E-state index contributed by atoms with van der Waals surface area (Å²) in [6.07, 6.45) is 1.78. The highest BCUT2D eigenvalue weighted by molar-refractivity contribution is 5.38. The summed E-state index contributed by atoms with van der Waals surface area (Å²) in [6.45, 7) is 8.15. The fourth-order valence-electron chi connectivity index (χ4n) is 1.29. The molecule has 0 amide bonds. The first-order valence-electron chi connectivity index (χ1n) is 4.73. The van der Waals surface area contributed by atoms with Gasteiger partial charge >= 0.3 is 0 Å². The van der Waals surface area contributed by atoms with Crippen molar-refractivity contribution in [3.05, 3.63) is 42.2 Å². The molecule has 0 radical (unpaired) electrons. The number of allylic oxidation sites excluding steroid dienone is 1. The second-order valence-corrected chi connectivity index (χ2v) is 3.14. The molecular formula is C12H15FO. The number of hydrogen-bond acceptors (Lipinski definition) is 1. The van der Waals surface area contributed by atoms with Crippen LogP contribution in [0.3, 0.4) is 0 Å². The van der Waals surface area contributed by atoms with Crippen molar-refractivity contribution in [3.63, 3.8) is 0 Å². The van der Waals surface area contributed by atoms with E-state index in [4.69, 9.17) is 4.74 Å². The van der Waals surface area contributed by atoms with E-state index in [1.165, 1.54) is 12.1 Å². The summed E-state index contributed by atoms with van der Waals surface area (Å²) in [5.74, 6) is 0.603. The van der Waals surface area contributed by atoms with Crippen LogP contribution in [0.15, 0.2) is 30.9 Å². The topological polar surface area (TPSA) is 9.23 Å². The summed E-state index contributed by atoms with van der Waals surface area (Å²) in [5, 5.41) is 0. The SMILES string of the molecule is C=CC(C)c1cc(F)ccc1OCC. The lowest BCUT2D eigenvalue weighted by Gasteiger charge is -2.13. The molecule has 1 aromatic carbocycles. The molecule has 1 rings (SSSR count). The summed E-state index contributed by atoms with van der Waals surface area (Å²) in [7, 11) is 0. The molecule has 1 aromatic rings. The minimum absolute atomic E-state index is 0.104. The molecule has 0 saturated heterocycles. The standard InChI is InChI=1S/C12H15FO/c1-4-9(3)11-8-10(13)6-7-12(11)14-5-2/h4,6-9H,1,5H2,2-3H3. The van der Waals surface area contributed by atoms with E-state index in [9.17, 15) is 4.39 Å². The molecule has 14 heavy (non-hydrogen) atoms. The predicted molar refractivity (Wildman–Crippen MR) is 56.2 cm³/mol. The fourth-order valence-corrected chi connectivity index (χ4v) is 1.29. The van der Waals surface area contributed by atoms with E-state index in [1.54, 1.807) is 12.1 Å². The molecule has 0 aliphatic carbocycles. The summed E-state index contributed by atoms with van der Waals surface area (Å²) >= 11 is 0. The van der Waals surface area contributed by atoms with Gasteiger partial charge in [-0.1, -0.05) is 13.0 Å². The van der Waals surface area contributed by atoms with E-state index in [0.29, 0.717) is 6.61 Å². The minimum Gasteiger partial charge on any atom is -0.494 e. The van der Waals surface area contributed by atoms with Crippen molar-refractivity contribution in [3.8, 4) is 5.75 Å². The van der Waals surface area contributed by atoms with Crippen LogP contribution in [0.5, 0.6) is 5.75 Å². The maximum atomic E-state index is 13.0. The molecule has 0 fully saturated rings. The third-order valence-electron chi connectivity index (χ3n) is 2.12. The van der Waals surface area contributed by atoms with Crippen LogP contribution in [-0.2, 0) is 0 Å². The zero-order valence-corrected chi connectivity index (χ0v) is 8.59. The summed E-state index contributed by atoms with van der Waals surface area (Å²) in [4.78, 5) is 0. The number of hydrogen-bond donors (Lipinski definition) is 0. The van der Waals surface area contributed by atoms with Gasteiger partial charge in [-0.3, -0.25) is 0 Å². The molecule has 1 atom stereocenters. The summed E-state index contributed by atoms with van der Waals surface area (Å²) in [5.41, 5.74) is 0.849. The first kappa shape index (κ1) is 10.8. The molecule has 1 unspecified atom stereocenters. The Morgan fingerprint density at radius 1 is 1.57 bits per heavy atom. The Labute approximate surface area is 84.2 Å². The molecule has 0 bridgehead atoms. The second-order valence-electron chi connectivity index (χ2n) is 3.14. The van der Waals surface area contributed by atoms with Gasteiger partial charge in [0.15, 0.2) is 0 Å². The van der Waals surface area contributed by atoms with Gasteiger partial charge in [0.05, 0.1) is 6.61 Å². The lowest BCUT2D eigenvalue weighted by atomic mass is 10.0. The van der Waals surface area contributed by atoms with Crippen LogP contribution in [-0.4, -0.2) is 6.61 Å². The largest absolute Gasteiger partial charge is 0.494 e. The van der Waals surface area contributed by atoms with Crippen molar-refractivity contribution < 1.29 is 9.13 Å². The molecule has 0 heterocycles. The van der Waals surface area contributed by atoms with Crippen LogP contribution < -0.4 is 4.74 Å². The van der Waals surface area contributed by atoms with Crippen molar-refractivity contribution in [1.29, 1.82) is 0 Å². The Morgan fingerprint density at radius 2 is 2.29 bits per heavy atom. The quantitative estimate of drug-likeness (QED) is 0.666. The zero-order chi connectivity index (χ0) is 10.6. The molecule has 0 saturated carbocycles. The lowest BCUT2D eigenvalue weighted by molar-refractivity contribution is 0.335. The number of ether oxygens (including phenoxy) is 1. The number of halogens is 1. The van der Waals surface area contributed by atoms with Crippen molar-refractivity contribution >= 4 is 0 Å². The van der Waals surface area contributed by atoms with Crippen molar-refractivity contribution in [1.82, 2.24) is 0 Å². The Balaban J connectivity index is 3.08. The van der Waals surface area contributed by atoms with Crippen molar-refractivity contribution in [2.24, 2.45) is 0 Å². The van der Waals surface area contributed by atoms with Gasteiger partial charge in [-0.25, -0.2) is 4.39 Å². The minimum atomic E-state index is -0.239. The van der Waals surface area contributed by atoms with Gasteiger partial charge in [-0.15, -0.1) is 6.58 Å². The van der Waals surface area contributed by atoms with E-state index < -0.39 is 0 Å². The number of rotatable bonds is 4. The molecule has 0 aliphatic heterocycles. The van der Waals surface area contributed by atoms with E-state index in [-0.39, 0.29) is 11.7 Å². The molecule has 2 heteroatoms. The molecule has 76 valence electrons. The van der Waals surface area contributed by atoms with Crippen LogP contribution >= 0.6 is 0 Å². The normalized spacial score (nSPS) is 12.2. The monoisotopic (exact) mass is 194 g/mol. The second kappa shape index (κ2) is 4.80. The predicted octanol–water partition coefficient (Wildman–Crippen LogP) is 3.51. The van der Waals surface area contributed by atoms with Crippen LogP contribution in [0.1, 0.15) is 25.3 Å². The van der Waals surface area contributed by atoms with E-state index >= 15 is 0 Å². The average molecular weight is 194 g/mol. The Morgan fingerprint density at radius 3 is 2.86 bits per heavy atom. The van der Waals surface area contributed by atoms with Gasteiger partial charge in [-0.05, 0) is 25.1 Å². The van der Waals surface area contributed by atoms with Crippen LogP contribution in [0.25, 0.3) is 0 Å². The Bertz CT molecular complexity index is 320. The first-order chi connectivity index (χ1) is 6.69. The molecule has 1 nitrogen and oxygen atoms in total. The maximum absolute atomic E-state index is 13.0. The average Bonchev–Trinajstić information content (AvgIpc) is 2.20. The molecule has 0 aromatic heterocycles. The van der Waals surface area contributed by atoms with Gasteiger partial charge in [0, 0.05) is 11.5 Å². The van der Waals surface area contributed by atoms with E-state index in [1.807, 2.05) is 13.8 Å². The highest BCUT2D eigenvalue weighted by Crippen LogP contribution is 2.27. The summed E-state index contributed by atoms with van der Waals surface area (Å²) < 4.78 is 18.4. The Hall–Kier alpha value is -1.31. The van der Waals surface area contributed by atoms with Crippen molar-refractivity contribution in [2.45, 2.75) is 19.8 Å². The van der Waals surface area contributed by atoms with Crippen LogP contribution in [0.2, 0.25) is 0 Å². The molecule has 0 spiro atoms. The number of benzene rings is 1. The summed E-state index contributed by atoms with van der Waals surface area (Å²) in [6, 6.07) is 4.57. The Kier molecular flexibility index (Phi) is 3.69. The fraction of sp³-hybridized carbons (Fsp3) is 0.333. The maximum Gasteiger partial charge on any atom is 0.123 e. The smallest absolute Gasteiger partial charge is 0.123 e. The zero-order valence-electron chi connectivity index (χ0n) is 8.59. The highest BCUT2D eigenvalue weighted by atomic mass is 19.1. The van der Waals surface area contributed by atoms with Crippen LogP contribution in [0, 0.1) is 5.82 Å². The third kappa shape index (κ3) is 2.34. The molecule has 0 aliphatic rings. The van der Waals surface area contributed by atoms with Gasteiger partial charge in [0.1, 0.15) is 11.6 Å². The highest BCUT2D eigenvalue weighted by Gasteiger charge is 2.09. The van der Waals surface area contributed by atoms with Gasteiger partial charge in [-0.2, -0.15) is 0 Å². The third-order valence-corrected chi connectivity index (χ3v) is 2.12. The molecular weight excluding hydrogens is 179 g/mol. The van der Waals surface area contributed by atoms with Gasteiger partial charge < -0.3 is 4.74 Å². The van der Waals surface area contributed by atoms with Gasteiger partial charge in [0.2, 0.25) is 0 Å². The van der Waals surface area contributed by atoms with E-state index in [0.717, 1.165) is 11.3 Å². The van der Waals surface area contributed by atoms with E-state index in [2.05, 4.69) is 6.58 Å². The first-order valence-corrected chi connectivity index (χ1v) is 4.73. The van der Waals surface area contributed by atoms with Crippen LogP contribution in [0.4, 0.5) is 4.39 Å².